The van der Waals surface area contributed by atoms with Crippen molar-refractivity contribution in [3.8, 4) is 0 Å². The molecule has 3 N–H and O–H groups in total. The fourth-order valence-electron chi connectivity index (χ4n) is 3.64. The van der Waals surface area contributed by atoms with Crippen molar-refractivity contribution in [2.45, 2.75) is 70.2 Å². The Morgan fingerprint density at radius 3 is 2.85 bits per heavy atom. The molecule has 0 spiro atoms. The molecule has 0 aromatic heterocycles. The Morgan fingerprint density at radius 2 is 2.15 bits per heavy atom. The number of hydrogen-bond donors (Lipinski definition) is 3. The van der Waals surface area contributed by atoms with Gasteiger partial charge in [-0.15, -0.1) is 0 Å². The zero-order valence-corrected chi connectivity index (χ0v) is 17.9. The molecule has 0 unspecified atom stereocenters. The van der Waals surface area contributed by atoms with Gasteiger partial charge in [0.1, 0.15) is 6.10 Å². The third kappa shape index (κ3) is 7.20. The van der Waals surface area contributed by atoms with Crippen LogP contribution in [0.1, 0.15) is 51.9 Å². The Bertz CT molecular complexity index is 528. The summed E-state index contributed by atoms with van der Waals surface area (Å²) >= 11 is 0. The molecule has 5 atom stereocenters. The van der Waals surface area contributed by atoms with Crippen LogP contribution >= 0.6 is 0 Å². The molecular weight excluding hydrogens is 343 g/mol. The van der Waals surface area contributed by atoms with Gasteiger partial charge in [-0.05, 0) is 31.8 Å². The number of ether oxygens (including phenoxy) is 1. The summed E-state index contributed by atoms with van der Waals surface area (Å²) in [5.74, 6) is 0.371. The second-order valence-corrected chi connectivity index (χ2v) is 6.93. The number of aliphatic hydroxyl groups excluding tert-OH is 2. The average Bonchev–Trinajstić information content (AvgIpc) is 3.06. The fraction of sp³-hybridized carbons (Fsp3) is 0.650. The minimum Gasteiger partial charge on any atom is -0.495 e. The molecule has 0 aromatic rings. The van der Waals surface area contributed by atoms with Gasteiger partial charge in [-0.25, -0.2) is 0 Å². The van der Waals surface area contributed by atoms with E-state index in [9.17, 15) is 15.0 Å². The van der Waals surface area contributed by atoms with Crippen molar-refractivity contribution < 1.29 is 24.9 Å². The van der Waals surface area contributed by atoms with Gasteiger partial charge in [0, 0.05) is 60.7 Å². The maximum absolute atomic E-state index is 10.5. The van der Waals surface area contributed by atoms with Crippen molar-refractivity contribution in [1.82, 2.24) is 0 Å². The Balaban J connectivity index is 0.00000338. The summed E-state index contributed by atoms with van der Waals surface area (Å²) in [7, 11) is 0. The number of rotatable bonds is 9. The maximum atomic E-state index is 10.5. The molecule has 0 aromatic carbocycles. The van der Waals surface area contributed by atoms with Crippen LogP contribution in [0.5, 0.6) is 0 Å². The Labute approximate surface area is 178 Å². The summed E-state index contributed by atoms with van der Waals surface area (Å²) < 4.78 is 5.93. The standard InChI is InChI=1S/C20H30O5.Na/c1-2-3-4-7-14(21)10-11-16-17-12-15(8-5-6-9-20(23)24)25-19(17)13-18(16)22;/h3-4,8,10-11,14,16-19,21-22H,2,5-7,9,12-13H2,1H3,(H,23,24);/b4-3-,11-10+,15-8-;/t14-,16+,17+,18+,19-;/m0./s1. The molecule has 1 saturated carbocycles. The quantitative estimate of drug-likeness (QED) is 0.329. The molecule has 1 aliphatic heterocycles. The van der Waals surface area contributed by atoms with E-state index in [2.05, 4.69) is 6.92 Å². The predicted molar refractivity (Wildman–Crippen MR) is 102 cm³/mol. The molecule has 2 rings (SSSR count). The largest absolute Gasteiger partial charge is 0.495 e. The van der Waals surface area contributed by atoms with Crippen LogP contribution < -0.4 is 0 Å². The van der Waals surface area contributed by atoms with Crippen LogP contribution in [0.3, 0.4) is 0 Å². The number of aliphatic hydroxyl groups is 2. The van der Waals surface area contributed by atoms with Crippen LogP contribution in [0, 0.1) is 11.8 Å². The minimum absolute atomic E-state index is 0. The van der Waals surface area contributed by atoms with Gasteiger partial charge in [0.05, 0.1) is 18.0 Å². The molecule has 26 heavy (non-hydrogen) atoms. The summed E-state index contributed by atoms with van der Waals surface area (Å²) in [6, 6.07) is 0. The molecule has 1 radical (unpaired) electrons. The van der Waals surface area contributed by atoms with Gasteiger partial charge in [0.15, 0.2) is 0 Å². The molecular formula is C20H30NaO5. The smallest absolute Gasteiger partial charge is 0.303 e. The molecule has 141 valence electrons. The number of allylic oxidation sites excluding steroid dienone is 3. The van der Waals surface area contributed by atoms with Gasteiger partial charge in [-0.1, -0.05) is 31.2 Å². The van der Waals surface area contributed by atoms with Gasteiger partial charge in [-0.3, -0.25) is 4.79 Å². The van der Waals surface area contributed by atoms with E-state index in [1.807, 2.05) is 24.3 Å². The first-order valence-corrected chi connectivity index (χ1v) is 9.28. The van der Waals surface area contributed by atoms with E-state index >= 15 is 0 Å². The van der Waals surface area contributed by atoms with Crippen LogP contribution in [-0.2, 0) is 9.53 Å². The van der Waals surface area contributed by atoms with Crippen molar-refractivity contribution in [2.24, 2.45) is 11.8 Å². The summed E-state index contributed by atoms with van der Waals surface area (Å²) in [6.07, 6.45) is 13.2. The first-order valence-electron chi connectivity index (χ1n) is 9.28. The van der Waals surface area contributed by atoms with Gasteiger partial charge >= 0.3 is 5.97 Å². The molecule has 2 fully saturated rings. The van der Waals surface area contributed by atoms with Gasteiger partial charge < -0.3 is 20.1 Å². The number of unbranched alkanes of at least 4 members (excludes halogenated alkanes) is 1. The van der Waals surface area contributed by atoms with E-state index in [-0.39, 0.29) is 53.9 Å². The minimum atomic E-state index is -0.775. The third-order valence-electron chi connectivity index (χ3n) is 4.93. The van der Waals surface area contributed by atoms with E-state index in [0.717, 1.165) is 18.6 Å². The topological polar surface area (TPSA) is 87.0 Å². The predicted octanol–water partition coefficient (Wildman–Crippen LogP) is 2.80. The number of carbonyl (C=O) groups is 1. The number of carboxylic acids is 1. The van der Waals surface area contributed by atoms with Gasteiger partial charge in [0.25, 0.3) is 0 Å². The zero-order valence-electron chi connectivity index (χ0n) is 15.9. The average molecular weight is 373 g/mol. The van der Waals surface area contributed by atoms with Crippen molar-refractivity contribution in [2.75, 3.05) is 0 Å². The third-order valence-corrected chi connectivity index (χ3v) is 4.93. The van der Waals surface area contributed by atoms with Crippen LogP contribution in [0.15, 0.2) is 36.1 Å². The first kappa shape index (κ1) is 23.4. The Morgan fingerprint density at radius 1 is 1.38 bits per heavy atom. The van der Waals surface area contributed by atoms with E-state index in [1.54, 1.807) is 6.08 Å². The number of hydrogen-bond acceptors (Lipinski definition) is 4. The second-order valence-electron chi connectivity index (χ2n) is 6.93. The first-order chi connectivity index (χ1) is 12.0. The summed E-state index contributed by atoms with van der Waals surface area (Å²) in [5, 5.41) is 28.9. The molecule has 1 aliphatic carbocycles. The van der Waals surface area contributed by atoms with Crippen LogP contribution in [0.25, 0.3) is 0 Å². The molecule has 5 nitrogen and oxygen atoms in total. The Kier molecular flexibility index (Phi) is 10.8. The molecule has 6 heteroatoms. The molecule has 2 aliphatic rings. The van der Waals surface area contributed by atoms with Crippen molar-refractivity contribution in [1.29, 1.82) is 0 Å². The van der Waals surface area contributed by atoms with Crippen molar-refractivity contribution >= 4 is 35.5 Å². The van der Waals surface area contributed by atoms with Crippen LogP contribution in [0.4, 0.5) is 0 Å². The van der Waals surface area contributed by atoms with E-state index < -0.39 is 18.2 Å². The molecule has 0 bridgehead atoms. The van der Waals surface area contributed by atoms with Gasteiger partial charge in [-0.2, -0.15) is 0 Å². The van der Waals surface area contributed by atoms with E-state index in [1.165, 1.54) is 0 Å². The zero-order chi connectivity index (χ0) is 18.2. The van der Waals surface area contributed by atoms with E-state index in [0.29, 0.717) is 25.7 Å². The van der Waals surface area contributed by atoms with Crippen LogP contribution in [0.2, 0.25) is 0 Å². The number of fused-ring (bicyclic) bond motifs is 1. The second kappa shape index (κ2) is 12.0. The number of aliphatic carboxylic acids is 1. The normalized spacial score (nSPS) is 30.5. The van der Waals surface area contributed by atoms with Gasteiger partial charge in [0.2, 0.25) is 0 Å². The maximum Gasteiger partial charge on any atom is 0.303 e. The van der Waals surface area contributed by atoms with Crippen LogP contribution in [-0.4, -0.2) is 69.2 Å². The summed E-state index contributed by atoms with van der Waals surface area (Å²) in [4.78, 5) is 10.5. The van der Waals surface area contributed by atoms with E-state index in [4.69, 9.17) is 9.84 Å². The van der Waals surface area contributed by atoms with Crippen molar-refractivity contribution in [3.63, 3.8) is 0 Å². The monoisotopic (exact) mass is 373 g/mol. The van der Waals surface area contributed by atoms with Crippen molar-refractivity contribution in [3.05, 3.63) is 36.1 Å². The molecule has 1 saturated heterocycles. The fourth-order valence-corrected chi connectivity index (χ4v) is 3.64. The summed E-state index contributed by atoms with van der Waals surface area (Å²) in [5.41, 5.74) is 0. The summed E-state index contributed by atoms with van der Waals surface area (Å²) in [6.45, 7) is 2.06. The molecule has 0 amide bonds. The SMILES string of the molecule is CC/C=C\C[C@H](O)/C=C/[C@@H]1[C@H]2C/C(=C/CCCC(=O)O)O[C@H]2C[C@H]1O.[Na]. The number of carboxylic acid groups (broad SMARTS) is 1. The molecule has 1 heterocycles. The Hall–Kier alpha value is -0.590.